The molecular weight excluding hydrogens is 446 g/mol. The number of hydrogen-bond donors (Lipinski definition) is 3. The summed E-state index contributed by atoms with van der Waals surface area (Å²) in [5.74, 6) is -2.20. The van der Waals surface area contributed by atoms with E-state index >= 15 is 0 Å². The molecule has 8 nitrogen and oxygen atoms in total. The average Bonchev–Trinajstić information content (AvgIpc) is 3.42. The Labute approximate surface area is 207 Å². The van der Waals surface area contributed by atoms with Crippen LogP contribution in [-0.2, 0) is 19.1 Å². The summed E-state index contributed by atoms with van der Waals surface area (Å²) in [6.07, 6.45) is 4.79. The molecule has 3 aliphatic rings. The largest absolute Gasteiger partial charge is 0.394 e. The normalized spacial score (nSPS) is 31.9. The lowest BCUT2D eigenvalue weighted by Crippen LogP contribution is -2.56. The van der Waals surface area contributed by atoms with Crippen LogP contribution in [0.3, 0.4) is 0 Å². The molecule has 1 aromatic rings. The Morgan fingerprint density at radius 1 is 1.09 bits per heavy atom. The van der Waals surface area contributed by atoms with E-state index in [4.69, 9.17) is 4.74 Å². The first-order valence-corrected chi connectivity index (χ1v) is 13.1. The standard InChI is InChI=1S/C27H39N3O5/c1-4-6-10-16-29-24(33)22-27-14-13-26(3,35-27)20(23(32)28-15-5-2)21(27)25(34)30(22)19(17-31)18-11-8-7-9-12-18/h7-9,11-12,19-22,31H,4-6,10,13-17H2,1-3H3,(H,28,32)(H,29,33)/t19-,20+,21+,22?,26-,27?/m1/s1. The van der Waals surface area contributed by atoms with Gasteiger partial charge in [0, 0.05) is 13.1 Å². The highest BCUT2D eigenvalue weighted by molar-refractivity contribution is 5.99. The SMILES string of the molecule is CCCCCNC(=O)C1N([C@H](CO)c2ccccc2)C(=O)[C@@H]2[C@@H](C(=O)NCCC)[C@@]3(C)CCC12O3. The molecular formula is C27H39N3O5. The zero-order valence-electron chi connectivity index (χ0n) is 21.1. The molecule has 3 saturated heterocycles. The van der Waals surface area contributed by atoms with Gasteiger partial charge in [0.05, 0.1) is 30.1 Å². The molecule has 3 fully saturated rings. The van der Waals surface area contributed by atoms with Crippen LogP contribution in [0.1, 0.15) is 70.9 Å². The van der Waals surface area contributed by atoms with Gasteiger partial charge in [0.25, 0.3) is 0 Å². The number of aliphatic hydroxyl groups excluding tert-OH is 1. The second-order valence-corrected chi connectivity index (χ2v) is 10.4. The van der Waals surface area contributed by atoms with Gasteiger partial charge in [0.2, 0.25) is 17.7 Å². The maximum atomic E-state index is 14.1. The van der Waals surface area contributed by atoms with Gasteiger partial charge in [-0.15, -0.1) is 0 Å². The second kappa shape index (κ2) is 10.3. The minimum Gasteiger partial charge on any atom is -0.394 e. The van der Waals surface area contributed by atoms with Crippen LogP contribution in [0.4, 0.5) is 0 Å². The first-order valence-electron chi connectivity index (χ1n) is 13.1. The highest BCUT2D eigenvalue weighted by Gasteiger charge is 2.78. The molecule has 1 spiro atoms. The summed E-state index contributed by atoms with van der Waals surface area (Å²) in [5, 5.41) is 16.4. The maximum Gasteiger partial charge on any atom is 0.245 e. The third-order valence-corrected chi connectivity index (χ3v) is 8.07. The summed E-state index contributed by atoms with van der Waals surface area (Å²) in [5.41, 5.74) is -1.14. The molecule has 0 radical (unpaired) electrons. The van der Waals surface area contributed by atoms with Gasteiger partial charge < -0.3 is 25.4 Å². The number of likely N-dealkylation sites (tertiary alicyclic amines) is 1. The zero-order chi connectivity index (χ0) is 25.2. The van der Waals surface area contributed by atoms with Gasteiger partial charge in [-0.25, -0.2) is 0 Å². The summed E-state index contributed by atoms with van der Waals surface area (Å²) in [4.78, 5) is 42.7. The summed E-state index contributed by atoms with van der Waals surface area (Å²) < 4.78 is 6.61. The molecule has 0 saturated carbocycles. The van der Waals surface area contributed by atoms with Crippen molar-refractivity contribution in [3.05, 3.63) is 35.9 Å². The van der Waals surface area contributed by atoms with Gasteiger partial charge in [0.15, 0.2) is 0 Å². The Hall–Kier alpha value is -2.45. The monoisotopic (exact) mass is 485 g/mol. The topological polar surface area (TPSA) is 108 Å². The van der Waals surface area contributed by atoms with Crippen LogP contribution in [0, 0.1) is 11.8 Å². The fourth-order valence-corrected chi connectivity index (χ4v) is 6.47. The van der Waals surface area contributed by atoms with Crippen LogP contribution < -0.4 is 10.6 Å². The Morgan fingerprint density at radius 2 is 1.80 bits per heavy atom. The fraction of sp³-hybridized carbons (Fsp3) is 0.667. The van der Waals surface area contributed by atoms with Crippen molar-refractivity contribution in [2.45, 2.75) is 82.6 Å². The summed E-state index contributed by atoms with van der Waals surface area (Å²) in [7, 11) is 0. The van der Waals surface area contributed by atoms with E-state index in [2.05, 4.69) is 17.6 Å². The highest BCUT2D eigenvalue weighted by Crippen LogP contribution is 2.64. The zero-order valence-corrected chi connectivity index (χ0v) is 21.1. The van der Waals surface area contributed by atoms with E-state index < -0.39 is 35.1 Å². The van der Waals surface area contributed by atoms with Crippen molar-refractivity contribution >= 4 is 17.7 Å². The third kappa shape index (κ3) is 4.25. The number of aliphatic hydroxyl groups is 1. The molecule has 35 heavy (non-hydrogen) atoms. The van der Waals surface area contributed by atoms with Crippen LogP contribution in [0.15, 0.2) is 30.3 Å². The highest BCUT2D eigenvalue weighted by atomic mass is 16.5. The van der Waals surface area contributed by atoms with Gasteiger partial charge in [-0.1, -0.05) is 57.0 Å². The molecule has 2 unspecified atom stereocenters. The van der Waals surface area contributed by atoms with E-state index in [1.54, 1.807) is 0 Å². The Bertz CT molecular complexity index is 940. The first kappa shape index (κ1) is 25.6. The molecule has 0 aromatic heterocycles. The fourth-order valence-electron chi connectivity index (χ4n) is 6.47. The van der Waals surface area contributed by atoms with Crippen LogP contribution >= 0.6 is 0 Å². The Kier molecular flexibility index (Phi) is 7.52. The Morgan fingerprint density at radius 3 is 2.46 bits per heavy atom. The van der Waals surface area contributed by atoms with Crippen molar-refractivity contribution < 1.29 is 24.2 Å². The quantitative estimate of drug-likeness (QED) is 0.417. The van der Waals surface area contributed by atoms with Crippen LogP contribution in [0.25, 0.3) is 0 Å². The number of nitrogens with zero attached hydrogens (tertiary/aromatic N) is 1. The van der Waals surface area contributed by atoms with Gasteiger partial charge in [-0.2, -0.15) is 0 Å². The number of unbranched alkanes of at least 4 members (excludes halogenated alkanes) is 2. The van der Waals surface area contributed by atoms with Crippen LogP contribution in [-0.4, -0.2) is 64.7 Å². The molecule has 3 amide bonds. The number of benzene rings is 1. The van der Waals surface area contributed by atoms with Crippen molar-refractivity contribution in [3.63, 3.8) is 0 Å². The lowest BCUT2D eigenvalue weighted by molar-refractivity contribution is -0.149. The summed E-state index contributed by atoms with van der Waals surface area (Å²) in [6, 6.07) is 7.65. The van der Waals surface area contributed by atoms with E-state index in [1.807, 2.05) is 44.2 Å². The number of rotatable bonds is 11. The number of nitrogens with one attached hydrogen (secondary N) is 2. The minimum atomic E-state index is -1.09. The number of carbonyl (C=O) groups is 3. The number of ether oxygens (including phenoxy) is 1. The van der Waals surface area contributed by atoms with Gasteiger partial charge in [-0.3, -0.25) is 14.4 Å². The number of hydrogen-bond acceptors (Lipinski definition) is 5. The predicted molar refractivity (Wildman–Crippen MR) is 131 cm³/mol. The summed E-state index contributed by atoms with van der Waals surface area (Å²) in [6.45, 7) is 6.68. The van der Waals surface area contributed by atoms with E-state index in [9.17, 15) is 19.5 Å². The molecule has 6 atom stereocenters. The van der Waals surface area contributed by atoms with Crippen molar-refractivity contribution in [3.8, 4) is 0 Å². The smallest absolute Gasteiger partial charge is 0.245 e. The average molecular weight is 486 g/mol. The van der Waals surface area contributed by atoms with Gasteiger partial charge >= 0.3 is 0 Å². The predicted octanol–water partition coefficient (Wildman–Crippen LogP) is 2.32. The van der Waals surface area contributed by atoms with Crippen LogP contribution in [0.2, 0.25) is 0 Å². The molecule has 3 N–H and O–H groups in total. The molecule has 8 heteroatoms. The van der Waals surface area contributed by atoms with Crippen molar-refractivity contribution in [2.24, 2.45) is 11.8 Å². The first-order chi connectivity index (χ1) is 16.8. The summed E-state index contributed by atoms with van der Waals surface area (Å²) >= 11 is 0. The van der Waals surface area contributed by atoms with E-state index in [0.29, 0.717) is 25.9 Å². The Balaban J connectivity index is 1.74. The van der Waals surface area contributed by atoms with Gasteiger partial charge in [0.1, 0.15) is 11.6 Å². The van der Waals surface area contributed by atoms with E-state index in [1.165, 1.54) is 4.90 Å². The number of fused-ring (bicyclic) bond motifs is 1. The minimum absolute atomic E-state index is 0.196. The van der Waals surface area contributed by atoms with Crippen molar-refractivity contribution in [1.82, 2.24) is 15.5 Å². The van der Waals surface area contributed by atoms with Crippen molar-refractivity contribution in [1.29, 1.82) is 0 Å². The molecule has 0 aliphatic carbocycles. The molecule has 1 aromatic carbocycles. The van der Waals surface area contributed by atoms with Crippen LogP contribution in [0.5, 0.6) is 0 Å². The van der Waals surface area contributed by atoms with Crippen molar-refractivity contribution in [2.75, 3.05) is 19.7 Å². The lowest BCUT2D eigenvalue weighted by atomic mass is 9.66. The molecule has 192 valence electrons. The lowest BCUT2D eigenvalue weighted by Gasteiger charge is -2.37. The number of amides is 3. The molecule has 3 heterocycles. The molecule has 2 bridgehead atoms. The molecule has 3 aliphatic heterocycles. The van der Waals surface area contributed by atoms with Gasteiger partial charge in [-0.05, 0) is 38.2 Å². The second-order valence-electron chi connectivity index (χ2n) is 10.4. The van der Waals surface area contributed by atoms with E-state index in [-0.39, 0.29) is 24.3 Å². The molecule has 4 rings (SSSR count). The maximum absolute atomic E-state index is 14.1. The van der Waals surface area contributed by atoms with E-state index in [0.717, 1.165) is 31.2 Å². The third-order valence-electron chi connectivity index (χ3n) is 8.07. The number of carbonyl (C=O) groups excluding carboxylic acids is 3.